The highest BCUT2D eigenvalue weighted by Crippen LogP contribution is 2.17. The summed E-state index contributed by atoms with van der Waals surface area (Å²) < 4.78 is 0. The number of hydrogen-bond acceptors (Lipinski definition) is 2. The van der Waals surface area contributed by atoms with Crippen LogP contribution in [0, 0.1) is 5.92 Å². The van der Waals surface area contributed by atoms with Gasteiger partial charge in [-0.1, -0.05) is 6.08 Å². The fourth-order valence-corrected chi connectivity index (χ4v) is 2.93. The molecule has 1 saturated heterocycles. The number of halogens is 1. The minimum absolute atomic E-state index is 0. The number of piperidine rings is 1. The topological polar surface area (TPSA) is 30.9 Å². The third-order valence-corrected chi connectivity index (χ3v) is 4.30. The summed E-state index contributed by atoms with van der Waals surface area (Å²) in [7, 11) is 3.98. The molecule has 1 aliphatic heterocycles. The Bertz CT molecular complexity index is 331. The van der Waals surface area contributed by atoms with Crippen LogP contribution in [0.2, 0.25) is 0 Å². The fourth-order valence-electron chi connectivity index (χ4n) is 2.93. The van der Waals surface area contributed by atoms with Crippen molar-refractivity contribution in [1.29, 1.82) is 0 Å². The van der Waals surface area contributed by atoms with E-state index in [9.17, 15) is 0 Å². The van der Waals surface area contributed by atoms with Crippen molar-refractivity contribution in [3.8, 4) is 0 Å². The molecule has 1 N–H and O–H groups in total. The van der Waals surface area contributed by atoms with Gasteiger partial charge in [0.05, 0.1) is 0 Å². The van der Waals surface area contributed by atoms with Crippen LogP contribution >= 0.6 is 24.0 Å². The van der Waals surface area contributed by atoms with Crippen LogP contribution in [0.4, 0.5) is 0 Å². The summed E-state index contributed by atoms with van der Waals surface area (Å²) in [5.41, 5.74) is 0. The zero-order chi connectivity index (χ0) is 15.7. The lowest BCUT2D eigenvalue weighted by Gasteiger charge is -2.36. The Morgan fingerprint density at radius 1 is 1.50 bits per heavy atom. The summed E-state index contributed by atoms with van der Waals surface area (Å²) >= 11 is 0. The molecular weight excluding hydrogens is 387 g/mol. The van der Waals surface area contributed by atoms with Gasteiger partial charge in [0.25, 0.3) is 0 Å². The average Bonchev–Trinajstić information content (AvgIpc) is 2.48. The molecule has 0 amide bonds. The van der Waals surface area contributed by atoms with Gasteiger partial charge in [-0.15, -0.1) is 30.6 Å². The molecule has 130 valence electrons. The smallest absolute Gasteiger partial charge is 0.193 e. The molecule has 0 aromatic rings. The van der Waals surface area contributed by atoms with E-state index in [1.807, 2.05) is 13.1 Å². The quantitative estimate of drug-likeness (QED) is 0.225. The largest absolute Gasteiger partial charge is 0.356 e. The minimum Gasteiger partial charge on any atom is -0.356 e. The molecule has 1 rings (SSSR count). The summed E-state index contributed by atoms with van der Waals surface area (Å²) in [5, 5.41) is 3.55. The molecule has 1 unspecified atom stereocenters. The Labute approximate surface area is 154 Å². The first kappa shape index (κ1) is 21.7. The van der Waals surface area contributed by atoms with Crippen molar-refractivity contribution < 1.29 is 0 Å². The molecule has 1 aliphatic rings. The number of hydrogen-bond donors (Lipinski definition) is 1. The summed E-state index contributed by atoms with van der Waals surface area (Å²) in [6, 6.07) is 0.661. The second kappa shape index (κ2) is 12.2. The molecule has 0 bridgehead atoms. The highest BCUT2D eigenvalue weighted by Gasteiger charge is 2.21. The molecule has 0 saturated carbocycles. The van der Waals surface area contributed by atoms with Crippen molar-refractivity contribution in [3.63, 3.8) is 0 Å². The highest BCUT2D eigenvalue weighted by atomic mass is 127. The van der Waals surface area contributed by atoms with Gasteiger partial charge in [0.1, 0.15) is 0 Å². The van der Waals surface area contributed by atoms with Crippen LogP contribution in [0.25, 0.3) is 0 Å². The molecule has 1 heterocycles. The summed E-state index contributed by atoms with van der Waals surface area (Å²) in [5.74, 6) is 1.75. The van der Waals surface area contributed by atoms with Gasteiger partial charge >= 0.3 is 0 Å². The van der Waals surface area contributed by atoms with Gasteiger partial charge < -0.3 is 15.1 Å². The van der Waals surface area contributed by atoms with Crippen LogP contribution in [0.1, 0.15) is 39.5 Å². The molecule has 4 nitrogen and oxygen atoms in total. The second-order valence-electron chi connectivity index (χ2n) is 6.38. The SMILES string of the molecule is C=CCCCN(C)C(=NC)NCC1CCCN(C(C)C)C1.I. The standard InChI is InChI=1S/C17H34N4.HI/c1-6-7-8-11-20(5)17(18-4)19-13-16-10-9-12-21(14-16)15(2)3;/h6,15-16H,1,7-14H2,2-5H3,(H,18,19);1H. The summed E-state index contributed by atoms with van der Waals surface area (Å²) in [6.07, 6.45) is 6.82. The van der Waals surface area contributed by atoms with Crippen LogP contribution in [-0.4, -0.2) is 62.1 Å². The maximum atomic E-state index is 4.40. The van der Waals surface area contributed by atoms with E-state index >= 15 is 0 Å². The van der Waals surface area contributed by atoms with Crippen molar-refractivity contribution in [2.75, 3.05) is 40.3 Å². The lowest BCUT2D eigenvalue weighted by Crippen LogP contribution is -2.46. The molecule has 22 heavy (non-hydrogen) atoms. The van der Waals surface area contributed by atoms with Crippen LogP contribution in [0.3, 0.4) is 0 Å². The maximum absolute atomic E-state index is 4.40. The number of rotatable bonds is 7. The number of likely N-dealkylation sites (tertiary alicyclic amines) is 1. The molecular formula is C17H35IN4. The van der Waals surface area contributed by atoms with Crippen LogP contribution in [0.15, 0.2) is 17.6 Å². The maximum Gasteiger partial charge on any atom is 0.193 e. The van der Waals surface area contributed by atoms with Gasteiger partial charge in [-0.2, -0.15) is 0 Å². The van der Waals surface area contributed by atoms with E-state index in [0.29, 0.717) is 6.04 Å². The molecule has 0 aromatic carbocycles. The predicted octanol–water partition coefficient (Wildman–Crippen LogP) is 3.20. The zero-order valence-electron chi connectivity index (χ0n) is 14.8. The van der Waals surface area contributed by atoms with E-state index in [4.69, 9.17) is 0 Å². The van der Waals surface area contributed by atoms with E-state index in [2.05, 4.69) is 47.6 Å². The van der Waals surface area contributed by atoms with Gasteiger partial charge in [0.2, 0.25) is 0 Å². The van der Waals surface area contributed by atoms with Crippen molar-refractivity contribution in [2.24, 2.45) is 10.9 Å². The Hall–Kier alpha value is -0.300. The Morgan fingerprint density at radius 3 is 2.82 bits per heavy atom. The Kier molecular flexibility index (Phi) is 12.0. The summed E-state index contributed by atoms with van der Waals surface area (Å²) in [4.78, 5) is 9.20. The van der Waals surface area contributed by atoms with Crippen molar-refractivity contribution >= 4 is 29.9 Å². The number of aliphatic imine (C=N–C) groups is 1. The third-order valence-electron chi connectivity index (χ3n) is 4.30. The molecule has 0 aliphatic carbocycles. The molecule has 0 aromatic heterocycles. The van der Waals surface area contributed by atoms with E-state index < -0.39 is 0 Å². The molecule has 1 atom stereocenters. The van der Waals surface area contributed by atoms with E-state index in [1.54, 1.807) is 0 Å². The van der Waals surface area contributed by atoms with Gasteiger partial charge in [0, 0.05) is 39.8 Å². The first-order chi connectivity index (χ1) is 10.1. The number of guanidine groups is 1. The van der Waals surface area contributed by atoms with E-state index in [-0.39, 0.29) is 24.0 Å². The first-order valence-corrected chi connectivity index (χ1v) is 8.35. The first-order valence-electron chi connectivity index (χ1n) is 8.35. The minimum atomic E-state index is 0. The van der Waals surface area contributed by atoms with Crippen LogP contribution < -0.4 is 5.32 Å². The lowest BCUT2D eigenvalue weighted by molar-refractivity contribution is 0.140. The van der Waals surface area contributed by atoms with Crippen LogP contribution in [0.5, 0.6) is 0 Å². The Balaban J connectivity index is 0.00000441. The average molecular weight is 422 g/mol. The summed E-state index contributed by atoms with van der Waals surface area (Å²) in [6.45, 7) is 12.9. The van der Waals surface area contributed by atoms with Gasteiger partial charge in [-0.25, -0.2) is 0 Å². The van der Waals surface area contributed by atoms with Crippen LogP contribution in [-0.2, 0) is 0 Å². The second-order valence-corrected chi connectivity index (χ2v) is 6.38. The monoisotopic (exact) mass is 422 g/mol. The van der Waals surface area contributed by atoms with Gasteiger partial charge in [-0.3, -0.25) is 4.99 Å². The number of unbranched alkanes of at least 4 members (excludes halogenated alkanes) is 1. The molecule has 1 fully saturated rings. The Morgan fingerprint density at radius 2 is 2.23 bits per heavy atom. The predicted molar refractivity (Wildman–Crippen MR) is 108 cm³/mol. The van der Waals surface area contributed by atoms with E-state index in [1.165, 1.54) is 25.9 Å². The zero-order valence-corrected chi connectivity index (χ0v) is 17.2. The normalized spacial score (nSPS) is 19.7. The number of nitrogens with zero attached hydrogens (tertiary/aromatic N) is 3. The van der Waals surface area contributed by atoms with Gasteiger partial charge in [0.15, 0.2) is 5.96 Å². The lowest BCUT2D eigenvalue weighted by atomic mass is 9.97. The highest BCUT2D eigenvalue weighted by molar-refractivity contribution is 14.0. The van der Waals surface area contributed by atoms with Crippen molar-refractivity contribution in [1.82, 2.24) is 15.1 Å². The molecule has 0 radical (unpaired) electrons. The van der Waals surface area contributed by atoms with Crippen molar-refractivity contribution in [3.05, 3.63) is 12.7 Å². The number of allylic oxidation sites excluding steroid dienone is 1. The fraction of sp³-hybridized carbons (Fsp3) is 0.824. The van der Waals surface area contributed by atoms with E-state index in [0.717, 1.165) is 37.8 Å². The van der Waals surface area contributed by atoms with Gasteiger partial charge in [-0.05, 0) is 52.0 Å². The third kappa shape index (κ3) is 7.81. The molecule has 5 heteroatoms. The molecule has 0 spiro atoms. The number of nitrogens with one attached hydrogen (secondary N) is 1. The van der Waals surface area contributed by atoms with Crippen molar-refractivity contribution in [2.45, 2.75) is 45.6 Å².